The van der Waals surface area contributed by atoms with Crippen LogP contribution in [0.25, 0.3) is 0 Å². The molecular weight excluding hydrogens is 258 g/mol. The molecule has 0 radical (unpaired) electrons. The van der Waals surface area contributed by atoms with E-state index in [1.165, 1.54) is 0 Å². The minimum atomic E-state index is -0.454. The molecule has 1 aliphatic heterocycles. The van der Waals surface area contributed by atoms with Gasteiger partial charge < -0.3 is 15.8 Å². The number of rotatable bonds is 4. The Hall–Kier alpha value is -2.24. The summed E-state index contributed by atoms with van der Waals surface area (Å²) in [6.45, 7) is 3.83. The Morgan fingerprint density at radius 1 is 1.40 bits per heavy atom. The van der Waals surface area contributed by atoms with E-state index in [4.69, 9.17) is 10.5 Å². The molecule has 1 unspecified atom stereocenters. The van der Waals surface area contributed by atoms with Crippen LogP contribution in [0, 0.1) is 0 Å². The van der Waals surface area contributed by atoms with Gasteiger partial charge in [0, 0.05) is 6.42 Å². The van der Waals surface area contributed by atoms with Crippen molar-refractivity contribution in [1.82, 2.24) is 5.32 Å². The lowest BCUT2D eigenvalue weighted by molar-refractivity contribution is -0.133. The van der Waals surface area contributed by atoms with Crippen molar-refractivity contribution >= 4 is 23.2 Å². The zero-order valence-electron chi connectivity index (χ0n) is 11.6. The number of imide groups is 1. The van der Waals surface area contributed by atoms with E-state index in [0.717, 1.165) is 0 Å². The number of ether oxygens (including phenoxy) is 1. The molecule has 108 valence electrons. The Bertz CT molecular complexity index is 528. The molecular formula is C14H19N3O3. The number of hydrogen-bond acceptors (Lipinski definition) is 5. The maximum Gasteiger partial charge on any atom is 0.249 e. The molecule has 1 saturated heterocycles. The summed E-state index contributed by atoms with van der Waals surface area (Å²) in [5.41, 5.74) is 7.14. The summed E-state index contributed by atoms with van der Waals surface area (Å²) in [5, 5.41) is 5.37. The fourth-order valence-electron chi connectivity index (χ4n) is 2.05. The van der Waals surface area contributed by atoms with E-state index >= 15 is 0 Å². The van der Waals surface area contributed by atoms with Gasteiger partial charge in [0.2, 0.25) is 11.8 Å². The third-order valence-electron chi connectivity index (χ3n) is 3.00. The number of anilines is 2. The molecule has 20 heavy (non-hydrogen) atoms. The van der Waals surface area contributed by atoms with Crippen molar-refractivity contribution in [2.45, 2.75) is 38.8 Å². The Balaban J connectivity index is 2.13. The zero-order valence-corrected chi connectivity index (χ0v) is 11.6. The second-order valence-electron chi connectivity index (χ2n) is 5.03. The number of nitrogen functional groups attached to an aromatic ring is 1. The van der Waals surface area contributed by atoms with Crippen LogP contribution >= 0.6 is 0 Å². The van der Waals surface area contributed by atoms with E-state index < -0.39 is 6.04 Å². The number of benzene rings is 1. The average molecular weight is 277 g/mol. The van der Waals surface area contributed by atoms with E-state index in [1.807, 2.05) is 19.9 Å². The van der Waals surface area contributed by atoms with E-state index in [1.54, 1.807) is 12.1 Å². The van der Waals surface area contributed by atoms with Gasteiger partial charge in [0.15, 0.2) is 0 Å². The van der Waals surface area contributed by atoms with Gasteiger partial charge in [0.1, 0.15) is 11.8 Å². The van der Waals surface area contributed by atoms with Gasteiger partial charge in [-0.15, -0.1) is 0 Å². The molecule has 2 rings (SSSR count). The Morgan fingerprint density at radius 3 is 2.80 bits per heavy atom. The van der Waals surface area contributed by atoms with Gasteiger partial charge in [0.25, 0.3) is 0 Å². The van der Waals surface area contributed by atoms with E-state index in [2.05, 4.69) is 10.6 Å². The molecule has 0 aromatic heterocycles. The fourth-order valence-corrected chi connectivity index (χ4v) is 2.05. The molecule has 1 heterocycles. The molecule has 0 bridgehead atoms. The third kappa shape index (κ3) is 3.20. The summed E-state index contributed by atoms with van der Waals surface area (Å²) in [6.07, 6.45) is 0.799. The summed E-state index contributed by atoms with van der Waals surface area (Å²) >= 11 is 0. The number of piperidine rings is 1. The summed E-state index contributed by atoms with van der Waals surface area (Å²) in [7, 11) is 0. The fraction of sp³-hybridized carbons (Fsp3) is 0.429. The number of para-hydroxylation sites is 1. The zero-order chi connectivity index (χ0) is 14.7. The van der Waals surface area contributed by atoms with Gasteiger partial charge >= 0.3 is 0 Å². The topological polar surface area (TPSA) is 93.5 Å². The first-order valence-corrected chi connectivity index (χ1v) is 6.62. The van der Waals surface area contributed by atoms with Gasteiger partial charge in [0.05, 0.1) is 17.5 Å². The summed E-state index contributed by atoms with van der Waals surface area (Å²) in [6, 6.07) is 4.92. The molecule has 1 aromatic rings. The summed E-state index contributed by atoms with van der Waals surface area (Å²) in [5.74, 6) is 0.0195. The maximum atomic E-state index is 11.7. The second-order valence-corrected chi connectivity index (χ2v) is 5.03. The lowest BCUT2D eigenvalue weighted by Gasteiger charge is -2.24. The highest BCUT2D eigenvalue weighted by molar-refractivity contribution is 6.01. The Kier molecular flexibility index (Phi) is 4.12. The molecule has 0 spiro atoms. The Labute approximate surface area is 117 Å². The minimum Gasteiger partial charge on any atom is -0.489 e. The molecule has 6 heteroatoms. The molecule has 1 atom stereocenters. The average Bonchev–Trinajstić information content (AvgIpc) is 2.36. The van der Waals surface area contributed by atoms with Crippen LogP contribution < -0.4 is 21.1 Å². The van der Waals surface area contributed by atoms with Gasteiger partial charge in [-0.3, -0.25) is 14.9 Å². The predicted molar refractivity (Wildman–Crippen MR) is 76.4 cm³/mol. The van der Waals surface area contributed by atoms with Crippen molar-refractivity contribution in [2.24, 2.45) is 0 Å². The van der Waals surface area contributed by atoms with E-state index in [-0.39, 0.29) is 17.9 Å². The molecule has 6 nitrogen and oxygen atoms in total. The SMILES string of the molecule is CC(C)Oc1cccc(NC2CCC(=O)NC2=O)c1N. The van der Waals surface area contributed by atoms with Crippen LogP contribution in [0.2, 0.25) is 0 Å². The van der Waals surface area contributed by atoms with E-state index in [9.17, 15) is 9.59 Å². The van der Waals surface area contributed by atoms with Crippen LogP contribution in [0.3, 0.4) is 0 Å². The highest BCUT2D eigenvalue weighted by atomic mass is 16.5. The van der Waals surface area contributed by atoms with Crippen molar-refractivity contribution < 1.29 is 14.3 Å². The van der Waals surface area contributed by atoms with E-state index in [0.29, 0.717) is 30.0 Å². The first-order valence-electron chi connectivity index (χ1n) is 6.62. The maximum absolute atomic E-state index is 11.7. The number of nitrogens with two attached hydrogens (primary N) is 1. The van der Waals surface area contributed by atoms with Crippen molar-refractivity contribution in [1.29, 1.82) is 0 Å². The van der Waals surface area contributed by atoms with Crippen molar-refractivity contribution in [3.05, 3.63) is 18.2 Å². The van der Waals surface area contributed by atoms with Gasteiger partial charge in [-0.1, -0.05) is 6.07 Å². The smallest absolute Gasteiger partial charge is 0.249 e. The van der Waals surface area contributed by atoms with Crippen LogP contribution in [0.4, 0.5) is 11.4 Å². The first kappa shape index (κ1) is 14.2. The van der Waals surface area contributed by atoms with Crippen LogP contribution in [0.1, 0.15) is 26.7 Å². The third-order valence-corrected chi connectivity index (χ3v) is 3.00. The second kappa shape index (κ2) is 5.81. The number of carbonyl (C=O) groups excluding carboxylic acids is 2. The number of carbonyl (C=O) groups is 2. The highest BCUT2D eigenvalue weighted by Gasteiger charge is 2.27. The number of hydrogen-bond donors (Lipinski definition) is 3. The number of nitrogens with one attached hydrogen (secondary N) is 2. The normalized spacial score (nSPS) is 18.9. The van der Waals surface area contributed by atoms with Crippen molar-refractivity contribution in [3.8, 4) is 5.75 Å². The highest BCUT2D eigenvalue weighted by Crippen LogP contribution is 2.31. The largest absolute Gasteiger partial charge is 0.489 e. The lowest BCUT2D eigenvalue weighted by atomic mass is 10.1. The van der Waals surface area contributed by atoms with Gasteiger partial charge in [-0.25, -0.2) is 0 Å². The molecule has 1 aliphatic rings. The molecule has 0 aliphatic carbocycles. The molecule has 1 aromatic carbocycles. The standard InChI is InChI=1S/C14H19N3O3/c1-8(2)20-11-5-3-4-9(13(11)15)16-10-6-7-12(18)17-14(10)19/h3-5,8,10,16H,6-7,15H2,1-2H3,(H,17,18,19). The van der Waals surface area contributed by atoms with Crippen molar-refractivity contribution in [3.63, 3.8) is 0 Å². The quantitative estimate of drug-likeness (QED) is 0.569. The first-order chi connectivity index (χ1) is 9.47. The van der Waals surface area contributed by atoms with Gasteiger partial charge in [-0.05, 0) is 32.4 Å². The predicted octanol–water partition coefficient (Wildman–Crippen LogP) is 1.27. The van der Waals surface area contributed by atoms with Crippen molar-refractivity contribution in [2.75, 3.05) is 11.1 Å². The van der Waals surface area contributed by atoms with Crippen LogP contribution in [0.15, 0.2) is 18.2 Å². The Morgan fingerprint density at radius 2 is 2.15 bits per heavy atom. The molecule has 2 amide bonds. The summed E-state index contributed by atoms with van der Waals surface area (Å²) in [4.78, 5) is 22.8. The number of amides is 2. The molecule has 0 saturated carbocycles. The van der Waals surface area contributed by atoms with Gasteiger partial charge in [-0.2, -0.15) is 0 Å². The molecule has 4 N–H and O–H groups in total. The lowest BCUT2D eigenvalue weighted by Crippen LogP contribution is -2.47. The minimum absolute atomic E-state index is 0.0168. The van der Waals surface area contributed by atoms with Crippen LogP contribution in [0.5, 0.6) is 5.75 Å². The monoisotopic (exact) mass is 277 g/mol. The van der Waals surface area contributed by atoms with Crippen LogP contribution in [-0.4, -0.2) is 24.0 Å². The summed E-state index contributed by atoms with van der Waals surface area (Å²) < 4.78 is 5.60. The molecule has 1 fully saturated rings. The van der Waals surface area contributed by atoms with Crippen LogP contribution in [-0.2, 0) is 9.59 Å².